The Balaban J connectivity index is 1.38. The van der Waals surface area contributed by atoms with Gasteiger partial charge in [0.25, 0.3) is 0 Å². The number of aryl methyl sites for hydroxylation is 1. The Bertz CT molecular complexity index is 1580. The first-order chi connectivity index (χ1) is 22.4. The predicted molar refractivity (Wildman–Crippen MR) is 191 cm³/mol. The molecule has 0 spiro atoms. The molecule has 0 aliphatic rings. The zero-order valence-corrected chi connectivity index (χ0v) is 29.1. The lowest BCUT2D eigenvalue weighted by Gasteiger charge is -2.12. The largest absolute Gasteiger partial charge is 0.491 e. The van der Waals surface area contributed by atoms with Gasteiger partial charge in [-0.15, -0.1) is 11.8 Å². The zero-order chi connectivity index (χ0) is 32.7. The van der Waals surface area contributed by atoms with Crippen molar-refractivity contribution in [1.82, 2.24) is 9.55 Å². The Morgan fingerprint density at radius 2 is 1.72 bits per heavy atom. The van der Waals surface area contributed by atoms with E-state index < -0.39 is 10.8 Å². The first-order valence-corrected chi connectivity index (χ1v) is 18.3. The molecule has 1 aromatic heterocycles. The number of imidazole rings is 1. The summed E-state index contributed by atoms with van der Waals surface area (Å²) in [5, 5.41) is 0.410. The van der Waals surface area contributed by atoms with Crippen molar-refractivity contribution in [3.05, 3.63) is 102 Å². The van der Waals surface area contributed by atoms with Crippen LogP contribution in [0.4, 0.5) is 0 Å². The number of unbranched alkanes of at least 4 members (excludes halogenated alkanes) is 1. The standard InChI is InChI=1S/C38H46N2O4S2/c1-5-7-21-43-22-23-44-36-15-11-31(12-16-36)32-13-19-38(45-29(3)4)33(25-32)10-14-35(41)24-30-8-17-37(18-9-30)46(42)27-34-26-39-28-40(34)20-6-2/h8-19,25-26,28-29H,5-7,20-24,27H2,1-4H3/b14-10+/t46-/m1/s1. The summed E-state index contributed by atoms with van der Waals surface area (Å²) in [5.74, 6) is 1.26. The number of rotatable bonds is 19. The van der Waals surface area contributed by atoms with Crippen LogP contribution in [0.1, 0.15) is 63.8 Å². The Kier molecular flexibility index (Phi) is 14.3. The first-order valence-electron chi connectivity index (χ1n) is 16.1. The monoisotopic (exact) mass is 658 g/mol. The van der Waals surface area contributed by atoms with Crippen LogP contribution < -0.4 is 4.74 Å². The number of aromatic nitrogens is 2. The molecule has 8 heteroatoms. The summed E-state index contributed by atoms with van der Waals surface area (Å²) in [4.78, 5) is 19.1. The quantitative estimate of drug-likeness (QED) is 0.0570. The van der Waals surface area contributed by atoms with E-state index in [2.05, 4.69) is 67.6 Å². The zero-order valence-electron chi connectivity index (χ0n) is 27.4. The van der Waals surface area contributed by atoms with Crippen LogP contribution >= 0.6 is 11.8 Å². The van der Waals surface area contributed by atoms with Crippen molar-refractivity contribution in [2.24, 2.45) is 0 Å². The Hall–Kier alpha value is -3.46. The molecule has 0 bridgehead atoms. The van der Waals surface area contributed by atoms with Crippen LogP contribution in [0.2, 0.25) is 0 Å². The van der Waals surface area contributed by atoms with Crippen LogP contribution in [-0.2, 0) is 39.0 Å². The van der Waals surface area contributed by atoms with Gasteiger partial charge in [0.1, 0.15) is 12.4 Å². The fourth-order valence-corrected chi connectivity index (χ4v) is 6.89. The molecule has 0 aliphatic heterocycles. The molecule has 244 valence electrons. The van der Waals surface area contributed by atoms with Crippen LogP contribution in [-0.4, -0.2) is 44.6 Å². The van der Waals surface area contributed by atoms with Gasteiger partial charge in [-0.1, -0.05) is 70.5 Å². The highest BCUT2D eigenvalue weighted by atomic mass is 32.2. The minimum Gasteiger partial charge on any atom is -0.491 e. The number of allylic oxidation sites excluding steroid dienone is 1. The number of ether oxygens (including phenoxy) is 2. The Morgan fingerprint density at radius 1 is 0.957 bits per heavy atom. The highest BCUT2D eigenvalue weighted by Gasteiger charge is 2.11. The molecule has 1 heterocycles. The topological polar surface area (TPSA) is 70.4 Å². The second-order valence-electron chi connectivity index (χ2n) is 11.4. The average molecular weight is 659 g/mol. The van der Waals surface area contributed by atoms with E-state index >= 15 is 0 Å². The smallest absolute Gasteiger partial charge is 0.160 e. The molecule has 0 N–H and O–H groups in total. The maximum absolute atomic E-state index is 13.0. The minimum atomic E-state index is -1.18. The highest BCUT2D eigenvalue weighted by molar-refractivity contribution is 8.00. The maximum Gasteiger partial charge on any atom is 0.160 e. The number of thioether (sulfide) groups is 1. The van der Waals surface area contributed by atoms with Crippen LogP contribution in [0.15, 0.2) is 95.1 Å². The van der Waals surface area contributed by atoms with Crippen LogP contribution in [0.3, 0.4) is 0 Å². The average Bonchev–Trinajstić information content (AvgIpc) is 3.49. The summed E-state index contributed by atoms with van der Waals surface area (Å²) in [6.07, 6.45) is 10.6. The van der Waals surface area contributed by atoms with Gasteiger partial charge in [-0.3, -0.25) is 9.00 Å². The van der Waals surface area contributed by atoms with Crippen molar-refractivity contribution in [1.29, 1.82) is 0 Å². The highest BCUT2D eigenvalue weighted by Crippen LogP contribution is 2.32. The fraction of sp³-hybridized carbons (Fsp3) is 0.368. The molecule has 46 heavy (non-hydrogen) atoms. The van der Waals surface area contributed by atoms with Crippen molar-refractivity contribution in [3.63, 3.8) is 0 Å². The SMILES string of the molecule is CCCCOCCOc1ccc(-c2ccc(SC(C)C)c(/C=C/C(=O)Cc3ccc([S@](=O)Cc4cncn4CCC)cc3)c2)cc1. The normalized spacial score (nSPS) is 12.2. The Labute approximate surface area is 281 Å². The Morgan fingerprint density at radius 3 is 2.43 bits per heavy atom. The van der Waals surface area contributed by atoms with Gasteiger partial charge in [-0.05, 0) is 77.6 Å². The second kappa shape index (κ2) is 18.6. The maximum atomic E-state index is 13.0. The second-order valence-corrected chi connectivity index (χ2v) is 14.5. The molecule has 4 aromatic rings. The minimum absolute atomic E-state index is 0.0171. The summed E-state index contributed by atoms with van der Waals surface area (Å²) in [6, 6.07) is 22.0. The van der Waals surface area contributed by atoms with Crippen molar-refractivity contribution < 1.29 is 18.5 Å². The van der Waals surface area contributed by atoms with Gasteiger partial charge in [0.15, 0.2) is 5.78 Å². The van der Waals surface area contributed by atoms with E-state index in [1.54, 1.807) is 30.4 Å². The van der Waals surface area contributed by atoms with E-state index in [1.807, 2.05) is 42.5 Å². The van der Waals surface area contributed by atoms with Crippen molar-refractivity contribution in [2.45, 2.75) is 80.7 Å². The van der Waals surface area contributed by atoms with Crippen LogP contribution in [0, 0.1) is 0 Å². The first kappa shape index (κ1) is 35.4. The van der Waals surface area contributed by atoms with E-state index in [-0.39, 0.29) is 12.2 Å². The van der Waals surface area contributed by atoms with E-state index in [0.29, 0.717) is 24.2 Å². The van der Waals surface area contributed by atoms with E-state index in [4.69, 9.17) is 9.47 Å². The summed E-state index contributed by atoms with van der Waals surface area (Å²) >= 11 is 1.78. The lowest BCUT2D eigenvalue weighted by Crippen LogP contribution is -2.07. The van der Waals surface area contributed by atoms with Crippen molar-refractivity contribution >= 4 is 34.4 Å². The van der Waals surface area contributed by atoms with E-state index in [1.165, 1.54) is 0 Å². The number of carbonyl (C=O) groups excluding carboxylic acids is 1. The van der Waals surface area contributed by atoms with E-state index in [9.17, 15) is 9.00 Å². The molecule has 0 fully saturated rings. The molecule has 0 saturated heterocycles. The number of hydrogen-bond acceptors (Lipinski definition) is 6. The third-order valence-corrected chi connectivity index (χ3v) is 9.71. The summed E-state index contributed by atoms with van der Waals surface area (Å²) < 4.78 is 26.4. The lowest BCUT2D eigenvalue weighted by atomic mass is 10.0. The number of benzene rings is 3. The molecule has 0 radical (unpaired) electrons. The summed E-state index contributed by atoms with van der Waals surface area (Å²) in [5.41, 5.74) is 5.04. The van der Waals surface area contributed by atoms with Gasteiger partial charge < -0.3 is 14.0 Å². The number of carbonyl (C=O) groups is 1. The van der Waals surface area contributed by atoms with Crippen molar-refractivity contribution in [2.75, 3.05) is 19.8 Å². The lowest BCUT2D eigenvalue weighted by molar-refractivity contribution is -0.113. The molecule has 0 amide bonds. The van der Waals surface area contributed by atoms with Crippen LogP contribution in [0.25, 0.3) is 17.2 Å². The fourth-order valence-electron chi connectivity index (χ4n) is 4.86. The summed E-state index contributed by atoms with van der Waals surface area (Å²) in [6.45, 7) is 11.4. The van der Waals surface area contributed by atoms with Crippen molar-refractivity contribution in [3.8, 4) is 16.9 Å². The molecular weight excluding hydrogens is 613 g/mol. The molecule has 0 saturated carbocycles. The summed E-state index contributed by atoms with van der Waals surface area (Å²) in [7, 11) is -1.18. The molecule has 6 nitrogen and oxygen atoms in total. The third-order valence-electron chi connectivity index (χ3n) is 7.25. The molecule has 0 unspecified atom stereocenters. The van der Waals surface area contributed by atoms with Crippen LogP contribution in [0.5, 0.6) is 5.75 Å². The van der Waals surface area contributed by atoms with E-state index in [0.717, 1.165) is 75.9 Å². The van der Waals surface area contributed by atoms with Gasteiger partial charge in [0.2, 0.25) is 0 Å². The van der Waals surface area contributed by atoms with Gasteiger partial charge >= 0.3 is 0 Å². The third kappa shape index (κ3) is 11.1. The van der Waals surface area contributed by atoms with Gasteiger partial charge in [-0.2, -0.15) is 0 Å². The van der Waals surface area contributed by atoms with Gasteiger partial charge in [0.05, 0.1) is 35.2 Å². The molecule has 4 rings (SSSR count). The van der Waals surface area contributed by atoms with Gasteiger partial charge in [-0.25, -0.2) is 4.98 Å². The number of nitrogens with zero attached hydrogens (tertiary/aromatic N) is 2. The van der Waals surface area contributed by atoms with Gasteiger partial charge in [0, 0.05) is 40.8 Å². The molecule has 0 aliphatic carbocycles. The molecule has 1 atom stereocenters. The molecule has 3 aromatic carbocycles. The predicted octanol–water partition coefficient (Wildman–Crippen LogP) is 8.79. The number of ketones is 1. The molecular formula is C38H46N2O4S2. The number of hydrogen-bond donors (Lipinski definition) is 0.